The van der Waals surface area contributed by atoms with E-state index in [0.717, 1.165) is 5.88 Å². The molecule has 1 aliphatic carbocycles. The van der Waals surface area contributed by atoms with Crippen molar-refractivity contribution < 1.29 is 0 Å². The first-order chi connectivity index (χ1) is 3.27. The first-order valence-electron chi connectivity index (χ1n) is 2.83. The largest absolute Gasteiger partial charge is 0.344 e. The minimum atomic E-state index is 0. The molecule has 0 aliphatic heterocycles. The van der Waals surface area contributed by atoms with Crippen LogP contribution in [-0.4, -0.2) is 5.88 Å². The molecule has 0 spiro atoms. The first-order valence-corrected chi connectivity index (χ1v) is 3.36. The Labute approximate surface area is 68.2 Å². The van der Waals surface area contributed by atoms with Crippen LogP contribution in [0, 0.1) is 5.41 Å². The fourth-order valence-electron chi connectivity index (χ4n) is 0.692. The van der Waals surface area contributed by atoms with E-state index in [1.54, 1.807) is 0 Å². The lowest BCUT2D eigenvalue weighted by atomic mass is 10.1. The molecule has 0 amide bonds. The average molecular weight is 172 g/mol. The molecule has 58 valence electrons. The predicted octanol–water partition coefficient (Wildman–Crippen LogP) is 3.00. The van der Waals surface area contributed by atoms with Gasteiger partial charge in [0, 0.05) is 5.88 Å². The third-order valence-electron chi connectivity index (χ3n) is 1.80. The Hall–Kier alpha value is 0.540. The van der Waals surface area contributed by atoms with Crippen molar-refractivity contribution in [1.29, 1.82) is 0 Å². The maximum Gasteiger partial charge on any atom is 0.0228 e. The molecule has 1 saturated carbocycles. The minimum Gasteiger partial charge on any atom is -0.344 e. The predicted molar refractivity (Wildman–Crippen MR) is 44.9 cm³/mol. The Bertz CT molecular complexity index is 71.5. The minimum absolute atomic E-state index is 0. The van der Waals surface area contributed by atoms with Crippen LogP contribution in [0.5, 0.6) is 0 Å². The highest BCUT2D eigenvalue weighted by atomic mass is 35.5. The van der Waals surface area contributed by atoms with E-state index in [-0.39, 0.29) is 18.6 Å². The van der Waals surface area contributed by atoms with Crippen molar-refractivity contribution in [3.63, 3.8) is 0 Å². The quantitative estimate of drug-likeness (QED) is 0.638. The lowest BCUT2D eigenvalue weighted by Gasteiger charge is -2.00. The second-order valence-electron chi connectivity index (χ2n) is 2.75. The van der Waals surface area contributed by atoms with E-state index in [1.807, 2.05) is 0 Å². The van der Waals surface area contributed by atoms with Crippen molar-refractivity contribution in [2.75, 3.05) is 5.88 Å². The molecule has 0 bridgehead atoms. The van der Waals surface area contributed by atoms with Crippen molar-refractivity contribution in [3.05, 3.63) is 0 Å². The van der Waals surface area contributed by atoms with Crippen LogP contribution in [-0.2, 0) is 0 Å². The summed E-state index contributed by atoms with van der Waals surface area (Å²) in [6, 6.07) is 0. The van der Waals surface area contributed by atoms with Gasteiger partial charge in [0.1, 0.15) is 0 Å². The van der Waals surface area contributed by atoms with E-state index in [2.05, 4.69) is 6.92 Å². The first kappa shape index (κ1) is 12.2. The van der Waals surface area contributed by atoms with Gasteiger partial charge in [-0.15, -0.1) is 24.0 Å². The molecule has 1 rings (SSSR count). The molecule has 0 saturated heterocycles. The van der Waals surface area contributed by atoms with Crippen molar-refractivity contribution >= 4 is 24.0 Å². The third-order valence-corrected chi connectivity index (χ3v) is 1.99. The van der Waals surface area contributed by atoms with Crippen LogP contribution in [0.3, 0.4) is 0 Å². The Balaban J connectivity index is 0. The summed E-state index contributed by atoms with van der Waals surface area (Å²) in [5.74, 6) is 0.844. The molecule has 0 aromatic heterocycles. The molecule has 1 fully saturated rings. The van der Waals surface area contributed by atoms with Gasteiger partial charge in [0.05, 0.1) is 0 Å². The number of alkyl halides is 1. The summed E-state index contributed by atoms with van der Waals surface area (Å²) in [6.07, 6.45) is 4.02. The number of halogens is 2. The van der Waals surface area contributed by atoms with E-state index < -0.39 is 0 Å². The van der Waals surface area contributed by atoms with Gasteiger partial charge in [-0.05, 0) is 24.7 Å². The van der Waals surface area contributed by atoms with E-state index in [4.69, 9.17) is 11.6 Å². The summed E-state index contributed by atoms with van der Waals surface area (Å²) >= 11 is 5.53. The smallest absolute Gasteiger partial charge is 0.0228 e. The Kier molecular flexibility index (Phi) is 5.94. The number of rotatable bonds is 2. The molecular weight excluding hydrogens is 157 g/mol. The third kappa shape index (κ3) is 4.01. The summed E-state index contributed by atoms with van der Waals surface area (Å²) in [5, 5.41) is 0. The van der Waals surface area contributed by atoms with Crippen molar-refractivity contribution in [3.8, 4) is 0 Å². The highest BCUT2D eigenvalue weighted by Crippen LogP contribution is 2.48. The second kappa shape index (κ2) is 4.37. The second-order valence-corrected chi connectivity index (χ2v) is 3.13. The van der Waals surface area contributed by atoms with Gasteiger partial charge >= 0.3 is 0 Å². The van der Waals surface area contributed by atoms with Crippen LogP contribution >= 0.6 is 24.0 Å². The van der Waals surface area contributed by atoms with Crippen molar-refractivity contribution in [2.45, 2.75) is 26.2 Å². The van der Waals surface area contributed by atoms with Crippen LogP contribution in [0.4, 0.5) is 0 Å². The SMILES string of the molecule is CC1(CCCl)CC1.Cl.N. The lowest BCUT2D eigenvalue weighted by Crippen LogP contribution is -1.91. The van der Waals surface area contributed by atoms with Gasteiger partial charge in [-0.3, -0.25) is 0 Å². The molecule has 9 heavy (non-hydrogen) atoms. The van der Waals surface area contributed by atoms with Crippen LogP contribution in [0.25, 0.3) is 0 Å². The van der Waals surface area contributed by atoms with Gasteiger partial charge in [-0.2, -0.15) is 0 Å². The highest BCUT2D eigenvalue weighted by Gasteiger charge is 2.35. The lowest BCUT2D eigenvalue weighted by molar-refractivity contribution is 0.555. The summed E-state index contributed by atoms with van der Waals surface area (Å²) in [4.78, 5) is 0. The topological polar surface area (TPSA) is 35.0 Å². The molecular formula is C6H15Cl2N. The molecule has 1 nitrogen and oxygen atoms in total. The van der Waals surface area contributed by atoms with Crippen LogP contribution in [0.1, 0.15) is 26.2 Å². The summed E-state index contributed by atoms with van der Waals surface area (Å²) in [6.45, 7) is 2.30. The van der Waals surface area contributed by atoms with Gasteiger partial charge in [-0.25, -0.2) is 0 Å². The maximum atomic E-state index is 5.53. The van der Waals surface area contributed by atoms with Crippen LogP contribution < -0.4 is 6.15 Å². The zero-order chi connectivity index (χ0) is 5.33. The Morgan fingerprint density at radius 1 is 1.44 bits per heavy atom. The van der Waals surface area contributed by atoms with Crippen LogP contribution in [0.2, 0.25) is 0 Å². The van der Waals surface area contributed by atoms with Gasteiger partial charge in [0.2, 0.25) is 0 Å². The Morgan fingerprint density at radius 2 is 1.89 bits per heavy atom. The Morgan fingerprint density at radius 3 is 2.00 bits per heavy atom. The molecule has 0 heterocycles. The average Bonchev–Trinajstić information content (AvgIpc) is 2.22. The van der Waals surface area contributed by atoms with E-state index in [0.29, 0.717) is 5.41 Å². The van der Waals surface area contributed by atoms with Gasteiger partial charge in [0.15, 0.2) is 0 Å². The fourth-order valence-corrected chi connectivity index (χ4v) is 1.15. The van der Waals surface area contributed by atoms with Crippen molar-refractivity contribution in [2.24, 2.45) is 5.41 Å². The van der Waals surface area contributed by atoms with Gasteiger partial charge in [0.25, 0.3) is 0 Å². The molecule has 1 aliphatic rings. The normalized spacial score (nSPS) is 19.3. The standard InChI is InChI=1S/C6H11Cl.ClH.H3N/c1-6(2-3-6)4-5-7;;/h2-5H2,1H3;1H;1H3. The summed E-state index contributed by atoms with van der Waals surface area (Å²) in [5.41, 5.74) is 0.668. The number of hydrogen-bond acceptors (Lipinski definition) is 1. The van der Waals surface area contributed by atoms with E-state index in [9.17, 15) is 0 Å². The molecule has 0 aromatic carbocycles. The van der Waals surface area contributed by atoms with E-state index >= 15 is 0 Å². The molecule has 0 aromatic rings. The zero-order valence-corrected chi connectivity index (χ0v) is 7.39. The number of hydrogen-bond donors (Lipinski definition) is 1. The molecule has 3 heteroatoms. The van der Waals surface area contributed by atoms with Gasteiger partial charge < -0.3 is 6.15 Å². The van der Waals surface area contributed by atoms with Crippen LogP contribution in [0.15, 0.2) is 0 Å². The monoisotopic (exact) mass is 171 g/mol. The zero-order valence-electron chi connectivity index (χ0n) is 5.82. The van der Waals surface area contributed by atoms with Gasteiger partial charge in [-0.1, -0.05) is 6.92 Å². The molecule has 3 N–H and O–H groups in total. The maximum absolute atomic E-state index is 5.53. The van der Waals surface area contributed by atoms with Crippen molar-refractivity contribution in [1.82, 2.24) is 6.15 Å². The molecule has 0 unspecified atom stereocenters. The summed E-state index contributed by atoms with van der Waals surface area (Å²) < 4.78 is 0. The highest BCUT2D eigenvalue weighted by molar-refractivity contribution is 6.17. The molecule has 0 radical (unpaired) electrons. The van der Waals surface area contributed by atoms with E-state index in [1.165, 1.54) is 19.3 Å². The fraction of sp³-hybridized carbons (Fsp3) is 1.00. The molecule has 0 atom stereocenters. The summed E-state index contributed by atoms with van der Waals surface area (Å²) in [7, 11) is 0.